The maximum absolute atomic E-state index is 12.9. The molecule has 0 N–H and O–H groups in total. The van der Waals surface area contributed by atoms with Gasteiger partial charge in [0.05, 0.1) is 0 Å². The lowest BCUT2D eigenvalue weighted by atomic mass is 9.73. The van der Waals surface area contributed by atoms with Crippen molar-refractivity contribution in [2.24, 2.45) is 17.8 Å². The standard InChI is InChI=1S/C22H24OS2/c23-22(18-5-4-15-2-1-3-17(15)14-18)16-6-10-20(11-7-16)25-21-12-8-19(24)9-13-21/h6-13,15,17-18,24H,1-5,14H2. The van der Waals surface area contributed by atoms with E-state index in [1.54, 1.807) is 11.8 Å². The van der Waals surface area contributed by atoms with E-state index < -0.39 is 0 Å². The van der Waals surface area contributed by atoms with Crippen LogP contribution in [-0.4, -0.2) is 5.78 Å². The smallest absolute Gasteiger partial charge is 0.165 e. The van der Waals surface area contributed by atoms with E-state index in [9.17, 15) is 4.79 Å². The van der Waals surface area contributed by atoms with Gasteiger partial charge in [0, 0.05) is 26.2 Å². The van der Waals surface area contributed by atoms with Crippen LogP contribution in [0, 0.1) is 17.8 Å². The van der Waals surface area contributed by atoms with Gasteiger partial charge in [0.1, 0.15) is 0 Å². The Balaban J connectivity index is 1.41. The van der Waals surface area contributed by atoms with Crippen molar-refractivity contribution in [3.8, 4) is 0 Å². The Morgan fingerprint density at radius 3 is 2.20 bits per heavy atom. The summed E-state index contributed by atoms with van der Waals surface area (Å²) in [5.74, 6) is 2.33. The molecule has 0 radical (unpaired) electrons. The molecule has 0 amide bonds. The molecule has 3 heteroatoms. The zero-order valence-corrected chi connectivity index (χ0v) is 16.1. The number of ketones is 1. The second-order valence-corrected chi connectivity index (χ2v) is 9.11. The average molecular weight is 369 g/mol. The van der Waals surface area contributed by atoms with Crippen LogP contribution >= 0.6 is 24.4 Å². The molecule has 130 valence electrons. The lowest BCUT2D eigenvalue weighted by Gasteiger charge is -2.31. The molecule has 4 rings (SSSR count). The van der Waals surface area contributed by atoms with Crippen molar-refractivity contribution in [2.75, 3.05) is 0 Å². The van der Waals surface area contributed by atoms with Crippen LogP contribution in [0.4, 0.5) is 0 Å². The maximum Gasteiger partial charge on any atom is 0.165 e. The third-order valence-electron chi connectivity index (χ3n) is 5.87. The molecule has 25 heavy (non-hydrogen) atoms. The molecule has 0 spiro atoms. The van der Waals surface area contributed by atoms with Gasteiger partial charge in [-0.15, -0.1) is 12.6 Å². The van der Waals surface area contributed by atoms with Gasteiger partial charge < -0.3 is 0 Å². The van der Waals surface area contributed by atoms with Crippen molar-refractivity contribution >= 4 is 30.2 Å². The third kappa shape index (κ3) is 3.98. The monoisotopic (exact) mass is 368 g/mol. The fourth-order valence-electron chi connectivity index (χ4n) is 4.51. The fourth-order valence-corrected chi connectivity index (χ4v) is 5.48. The number of hydrogen-bond acceptors (Lipinski definition) is 3. The van der Waals surface area contributed by atoms with Crippen molar-refractivity contribution in [1.29, 1.82) is 0 Å². The van der Waals surface area contributed by atoms with Crippen LogP contribution in [0.1, 0.15) is 48.9 Å². The Morgan fingerprint density at radius 1 is 0.840 bits per heavy atom. The van der Waals surface area contributed by atoms with E-state index in [0.717, 1.165) is 35.1 Å². The topological polar surface area (TPSA) is 17.1 Å². The Bertz CT molecular complexity index is 736. The highest BCUT2D eigenvalue weighted by Crippen LogP contribution is 2.45. The average Bonchev–Trinajstić information content (AvgIpc) is 3.11. The van der Waals surface area contributed by atoms with E-state index in [0.29, 0.717) is 5.78 Å². The van der Waals surface area contributed by atoms with Gasteiger partial charge >= 0.3 is 0 Å². The van der Waals surface area contributed by atoms with Crippen molar-refractivity contribution < 1.29 is 4.79 Å². The van der Waals surface area contributed by atoms with Crippen molar-refractivity contribution in [2.45, 2.75) is 53.2 Å². The minimum Gasteiger partial charge on any atom is -0.294 e. The molecule has 2 aliphatic rings. The van der Waals surface area contributed by atoms with Gasteiger partial charge in [-0.25, -0.2) is 0 Å². The number of thiol groups is 1. The summed E-state index contributed by atoms with van der Waals surface area (Å²) in [4.78, 5) is 16.2. The largest absolute Gasteiger partial charge is 0.294 e. The number of carbonyl (C=O) groups excluding carboxylic acids is 1. The summed E-state index contributed by atoms with van der Waals surface area (Å²) >= 11 is 6.04. The molecule has 0 saturated heterocycles. The Labute approximate surface area is 160 Å². The first-order valence-corrected chi connectivity index (χ1v) is 10.6. The Morgan fingerprint density at radius 2 is 1.48 bits per heavy atom. The number of fused-ring (bicyclic) bond motifs is 1. The summed E-state index contributed by atoms with van der Waals surface area (Å²) in [5.41, 5.74) is 0.886. The van der Waals surface area contributed by atoms with Crippen LogP contribution < -0.4 is 0 Å². The van der Waals surface area contributed by atoms with Crippen LogP contribution in [0.5, 0.6) is 0 Å². The minimum atomic E-state index is 0.251. The quantitative estimate of drug-likeness (QED) is 0.488. The summed E-state index contributed by atoms with van der Waals surface area (Å²) in [6.45, 7) is 0. The van der Waals surface area contributed by atoms with Gasteiger partial charge in [0.2, 0.25) is 0 Å². The molecule has 2 aromatic carbocycles. The van der Waals surface area contributed by atoms with Crippen molar-refractivity contribution in [3.05, 3.63) is 54.1 Å². The summed E-state index contributed by atoms with van der Waals surface area (Å²) in [6.07, 6.45) is 7.58. The summed E-state index contributed by atoms with van der Waals surface area (Å²) in [7, 11) is 0. The number of rotatable bonds is 4. The number of hydrogen-bond donors (Lipinski definition) is 1. The Kier molecular flexibility index (Phi) is 5.23. The van der Waals surface area contributed by atoms with Crippen molar-refractivity contribution in [1.82, 2.24) is 0 Å². The van der Waals surface area contributed by atoms with E-state index >= 15 is 0 Å². The molecule has 0 aromatic heterocycles. The van der Waals surface area contributed by atoms with Crippen LogP contribution in [0.15, 0.2) is 63.2 Å². The SMILES string of the molecule is O=C(c1ccc(Sc2ccc(S)cc2)cc1)C1CCC2CCCC2C1. The molecule has 0 bridgehead atoms. The van der Waals surface area contributed by atoms with Gasteiger partial charge in [-0.2, -0.15) is 0 Å². The molecule has 0 heterocycles. The highest BCUT2D eigenvalue weighted by Gasteiger charge is 2.36. The second-order valence-electron chi connectivity index (χ2n) is 7.45. The molecule has 3 atom stereocenters. The van der Waals surface area contributed by atoms with E-state index in [1.807, 2.05) is 24.3 Å². The van der Waals surface area contributed by atoms with Crippen LogP contribution in [0.3, 0.4) is 0 Å². The van der Waals surface area contributed by atoms with E-state index in [-0.39, 0.29) is 5.92 Å². The Hall–Kier alpha value is -1.19. The normalized spacial score (nSPS) is 25.6. The lowest BCUT2D eigenvalue weighted by Crippen LogP contribution is -2.26. The molecule has 1 nitrogen and oxygen atoms in total. The second kappa shape index (κ2) is 7.59. The molecule has 2 fully saturated rings. The molecule has 2 aromatic rings. The van der Waals surface area contributed by atoms with E-state index in [1.165, 1.54) is 35.5 Å². The van der Waals surface area contributed by atoms with E-state index in [2.05, 4.69) is 36.9 Å². The third-order valence-corrected chi connectivity index (χ3v) is 7.19. The predicted molar refractivity (Wildman–Crippen MR) is 107 cm³/mol. The lowest BCUT2D eigenvalue weighted by molar-refractivity contribution is 0.0837. The van der Waals surface area contributed by atoms with Gasteiger partial charge in [0.15, 0.2) is 5.78 Å². The predicted octanol–water partition coefficient (Wildman–Crippen LogP) is 6.53. The van der Waals surface area contributed by atoms with E-state index in [4.69, 9.17) is 0 Å². The van der Waals surface area contributed by atoms with Gasteiger partial charge in [0.25, 0.3) is 0 Å². The first-order valence-electron chi connectivity index (χ1n) is 9.30. The molecular weight excluding hydrogens is 344 g/mol. The molecule has 3 unspecified atom stereocenters. The number of benzene rings is 2. The molecule has 2 aliphatic carbocycles. The summed E-state index contributed by atoms with van der Waals surface area (Å²) < 4.78 is 0. The zero-order valence-electron chi connectivity index (χ0n) is 14.4. The summed E-state index contributed by atoms with van der Waals surface area (Å²) in [5, 5.41) is 0. The first kappa shape index (κ1) is 17.2. The van der Waals surface area contributed by atoms with Crippen LogP contribution in [0.2, 0.25) is 0 Å². The summed E-state index contributed by atoms with van der Waals surface area (Å²) in [6, 6.07) is 16.3. The zero-order chi connectivity index (χ0) is 17.2. The fraction of sp³-hybridized carbons (Fsp3) is 0.409. The van der Waals surface area contributed by atoms with Gasteiger partial charge in [-0.05, 0) is 67.5 Å². The van der Waals surface area contributed by atoms with Crippen LogP contribution in [0.25, 0.3) is 0 Å². The molecule has 0 aliphatic heterocycles. The maximum atomic E-state index is 12.9. The number of carbonyl (C=O) groups is 1. The number of Topliss-reactive ketones (excluding diaryl/α,β-unsaturated/α-hetero) is 1. The van der Waals surface area contributed by atoms with Crippen molar-refractivity contribution in [3.63, 3.8) is 0 Å². The molecular formula is C22H24OS2. The van der Waals surface area contributed by atoms with Gasteiger partial charge in [-0.1, -0.05) is 43.2 Å². The highest BCUT2D eigenvalue weighted by molar-refractivity contribution is 7.99. The first-order chi connectivity index (χ1) is 12.2. The minimum absolute atomic E-state index is 0.251. The van der Waals surface area contributed by atoms with Crippen LogP contribution in [-0.2, 0) is 0 Å². The molecule has 2 saturated carbocycles. The highest BCUT2D eigenvalue weighted by atomic mass is 32.2. The van der Waals surface area contributed by atoms with Gasteiger partial charge in [-0.3, -0.25) is 4.79 Å².